The minimum absolute atomic E-state index is 0.0136. The molecule has 2 heterocycles. The van der Waals surface area contributed by atoms with Crippen LogP contribution in [0.3, 0.4) is 0 Å². The maximum atomic E-state index is 13.7. The number of benzene rings is 1. The molecule has 2 atom stereocenters. The largest absolute Gasteiger partial charge is 0.296 e. The summed E-state index contributed by atoms with van der Waals surface area (Å²) in [6, 6.07) is 7.01. The second kappa shape index (κ2) is 9.34. The number of piperidine rings is 1. The van der Waals surface area contributed by atoms with Crippen molar-refractivity contribution in [2.75, 3.05) is 6.61 Å². The summed E-state index contributed by atoms with van der Waals surface area (Å²) in [5, 5.41) is 2.14. The Labute approximate surface area is 189 Å². The van der Waals surface area contributed by atoms with Crippen molar-refractivity contribution < 1.29 is 13.3 Å². The summed E-state index contributed by atoms with van der Waals surface area (Å²) in [6.07, 6.45) is 8.50. The maximum Gasteiger partial charge on any atom is 0.243 e. The van der Waals surface area contributed by atoms with Crippen molar-refractivity contribution in [3.05, 3.63) is 42.5 Å². The van der Waals surface area contributed by atoms with Crippen molar-refractivity contribution in [2.45, 2.75) is 108 Å². The fourth-order valence-corrected chi connectivity index (χ4v) is 7.27. The first-order chi connectivity index (χ1) is 14.5. The molecule has 174 valence electrons. The van der Waals surface area contributed by atoms with Crippen LogP contribution in [0.1, 0.15) is 78.2 Å². The normalized spacial score (nSPS) is 26.7. The van der Waals surface area contributed by atoms with Gasteiger partial charge in [0.05, 0.1) is 17.5 Å². The van der Waals surface area contributed by atoms with Gasteiger partial charge in [0.15, 0.2) is 0 Å². The molecule has 31 heavy (non-hydrogen) atoms. The van der Waals surface area contributed by atoms with E-state index < -0.39 is 10.0 Å². The van der Waals surface area contributed by atoms with E-state index in [9.17, 15) is 8.42 Å². The number of sulfonamides is 1. The molecule has 2 fully saturated rings. The lowest BCUT2D eigenvalue weighted by Gasteiger charge is -2.51. The van der Waals surface area contributed by atoms with E-state index in [1.165, 1.54) is 6.42 Å². The Morgan fingerprint density at radius 2 is 1.65 bits per heavy atom. The third kappa shape index (κ3) is 5.24. The van der Waals surface area contributed by atoms with Gasteiger partial charge in [0.2, 0.25) is 10.0 Å². The van der Waals surface area contributed by atoms with Gasteiger partial charge in [-0.15, -0.1) is 6.58 Å². The van der Waals surface area contributed by atoms with E-state index in [0.717, 1.165) is 44.1 Å². The first-order valence-electron chi connectivity index (χ1n) is 11.6. The van der Waals surface area contributed by atoms with Gasteiger partial charge in [0.1, 0.15) is 0 Å². The second-order valence-corrected chi connectivity index (χ2v) is 12.3. The number of allylic oxidation sites excluding steroid dienone is 1. The van der Waals surface area contributed by atoms with Gasteiger partial charge in [-0.25, -0.2) is 8.42 Å². The minimum Gasteiger partial charge on any atom is -0.296 e. The Morgan fingerprint density at radius 3 is 2.23 bits per heavy atom. The summed E-state index contributed by atoms with van der Waals surface area (Å²) in [7, 11) is -3.59. The topological polar surface area (TPSA) is 49.9 Å². The average Bonchev–Trinajstić information content (AvgIpc) is 3.09. The van der Waals surface area contributed by atoms with E-state index >= 15 is 0 Å². The van der Waals surface area contributed by atoms with Crippen molar-refractivity contribution in [1.29, 1.82) is 0 Å². The summed E-state index contributed by atoms with van der Waals surface area (Å²) < 4.78 is 29.1. The molecule has 0 N–H and O–H groups in total. The van der Waals surface area contributed by atoms with E-state index in [1.54, 1.807) is 16.4 Å². The van der Waals surface area contributed by atoms with Gasteiger partial charge < -0.3 is 0 Å². The van der Waals surface area contributed by atoms with Crippen molar-refractivity contribution in [3.63, 3.8) is 0 Å². The maximum absolute atomic E-state index is 13.7. The molecule has 5 nitrogen and oxygen atoms in total. The van der Waals surface area contributed by atoms with Crippen LogP contribution >= 0.6 is 0 Å². The number of nitrogens with zero attached hydrogens (tertiary/aromatic N) is 2. The Morgan fingerprint density at radius 1 is 1.06 bits per heavy atom. The third-order valence-corrected chi connectivity index (χ3v) is 8.95. The zero-order valence-electron chi connectivity index (χ0n) is 19.9. The van der Waals surface area contributed by atoms with E-state index in [0.29, 0.717) is 11.5 Å². The number of hydroxylamine groups is 2. The Balaban J connectivity index is 1.84. The van der Waals surface area contributed by atoms with Crippen LogP contribution in [0.5, 0.6) is 0 Å². The molecule has 0 aliphatic carbocycles. The number of hydrogen-bond acceptors (Lipinski definition) is 4. The summed E-state index contributed by atoms with van der Waals surface area (Å²) in [4.78, 5) is 6.81. The van der Waals surface area contributed by atoms with E-state index in [-0.39, 0.29) is 23.2 Å². The average molecular weight is 449 g/mol. The van der Waals surface area contributed by atoms with E-state index in [1.807, 2.05) is 25.1 Å². The highest BCUT2D eigenvalue weighted by molar-refractivity contribution is 7.89. The number of aryl methyl sites for hydroxylation is 1. The van der Waals surface area contributed by atoms with Crippen LogP contribution in [-0.2, 0) is 14.9 Å². The Bertz CT molecular complexity index is 845. The van der Waals surface area contributed by atoms with Gasteiger partial charge in [-0.3, -0.25) is 4.84 Å². The van der Waals surface area contributed by atoms with E-state index in [2.05, 4.69) is 39.3 Å². The highest BCUT2D eigenvalue weighted by atomic mass is 32.2. The standard InChI is InChI=1S/C25H40N2O3S/c1-7-8-10-21-13-14-22(19-30-27-24(3,4)17-9-18-25(27,5)6)26(21)31(28,29)23-15-11-20(2)12-16-23/h7,11-12,15-16,21-22H,1,8-10,13-14,17-19H2,2-6H3/t21-,22-/m0/s1. The highest BCUT2D eigenvalue weighted by Crippen LogP contribution is 2.40. The molecule has 1 aromatic rings. The quantitative estimate of drug-likeness (QED) is 0.496. The molecule has 2 saturated heterocycles. The predicted molar refractivity (Wildman–Crippen MR) is 126 cm³/mol. The molecule has 2 aliphatic heterocycles. The first kappa shape index (κ1) is 24.4. The minimum atomic E-state index is -3.59. The molecule has 3 rings (SSSR count). The van der Waals surface area contributed by atoms with Crippen LogP contribution in [0.4, 0.5) is 0 Å². The molecule has 0 saturated carbocycles. The zero-order valence-corrected chi connectivity index (χ0v) is 20.7. The van der Waals surface area contributed by atoms with Crippen molar-refractivity contribution in [3.8, 4) is 0 Å². The van der Waals surface area contributed by atoms with Gasteiger partial charge in [0.25, 0.3) is 0 Å². The third-order valence-electron chi connectivity index (χ3n) is 6.93. The van der Waals surface area contributed by atoms with Gasteiger partial charge in [-0.05, 0) is 91.7 Å². The molecule has 0 aromatic heterocycles. The van der Waals surface area contributed by atoms with Crippen LogP contribution in [0.25, 0.3) is 0 Å². The van der Waals surface area contributed by atoms with Crippen LogP contribution in [0.15, 0.2) is 41.8 Å². The smallest absolute Gasteiger partial charge is 0.243 e. The van der Waals surface area contributed by atoms with Gasteiger partial charge in [-0.2, -0.15) is 9.37 Å². The molecular formula is C25H40N2O3S. The SMILES string of the molecule is C=CCC[C@H]1CC[C@@H](CON2C(C)(C)CCCC2(C)C)N1S(=O)(=O)c1ccc(C)cc1. The number of hydrogen-bond donors (Lipinski definition) is 0. The molecule has 0 unspecified atom stereocenters. The van der Waals surface area contributed by atoms with Gasteiger partial charge >= 0.3 is 0 Å². The van der Waals surface area contributed by atoms with Gasteiger partial charge in [0, 0.05) is 17.1 Å². The Hall–Kier alpha value is -1.21. The second-order valence-electron chi connectivity index (χ2n) is 10.5. The monoisotopic (exact) mass is 448 g/mol. The number of rotatable bonds is 8. The summed E-state index contributed by atoms with van der Waals surface area (Å²) in [5.74, 6) is 0. The summed E-state index contributed by atoms with van der Waals surface area (Å²) >= 11 is 0. The molecule has 0 amide bonds. The predicted octanol–water partition coefficient (Wildman–Crippen LogP) is 5.46. The fourth-order valence-electron chi connectivity index (χ4n) is 5.39. The van der Waals surface area contributed by atoms with Crippen LogP contribution < -0.4 is 0 Å². The molecule has 0 radical (unpaired) electrons. The summed E-state index contributed by atoms with van der Waals surface area (Å²) in [6.45, 7) is 15.1. The van der Waals surface area contributed by atoms with E-state index in [4.69, 9.17) is 4.84 Å². The molecule has 1 aromatic carbocycles. The fraction of sp³-hybridized carbons (Fsp3) is 0.680. The van der Waals surface area contributed by atoms with Crippen LogP contribution in [0, 0.1) is 6.92 Å². The zero-order chi connectivity index (χ0) is 22.9. The molecule has 0 bridgehead atoms. The highest BCUT2D eigenvalue weighted by Gasteiger charge is 2.46. The van der Waals surface area contributed by atoms with Crippen LogP contribution in [-0.4, -0.2) is 47.6 Å². The molecule has 0 spiro atoms. The molecule has 6 heteroatoms. The first-order valence-corrected chi connectivity index (χ1v) is 13.1. The molecule has 2 aliphatic rings. The Kier molecular flexibility index (Phi) is 7.36. The van der Waals surface area contributed by atoms with Gasteiger partial charge in [-0.1, -0.05) is 23.8 Å². The van der Waals surface area contributed by atoms with Crippen molar-refractivity contribution >= 4 is 10.0 Å². The van der Waals surface area contributed by atoms with Crippen LogP contribution in [0.2, 0.25) is 0 Å². The lowest BCUT2D eigenvalue weighted by atomic mass is 9.82. The lowest BCUT2D eigenvalue weighted by molar-refractivity contribution is -0.284. The lowest BCUT2D eigenvalue weighted by Crippen LogP contribution is -2.59. The molecular weight excluding hydrogens is 408 g/mol. The summed E-state index contributed by atoms with van der Waals surface area (Å²) in [5.41, 5.74) is 0.921. The van der Waals surface area contributed by atoms with Crippen molar-refractivity contribution in [2.24, 2.45) is 0 Å². The van der Waals surface area contributed by atoms with Crippen molar-refractivity contribution in [1.82, 2.24) is 9.37 Å².